The van der Waals surface area contributed by atoms with Gasteiger partial charge in [-0.25, -0.2) is 4.68 Å². The Morgan fingerprint density at radius 1 is 0.931 bits per heavy atom. The summed E-state index contributed by atoms with van der Waals surface area (Å²) in [5.41, 5.74) is 2.66. The van der Waals surface area contributed by atoms with Gasteiger partial charge in [0.2, 0.25) is 0 Å². The SMILES string of the molecule is CC(CNC(=O)c1ccn(-c2ccccc2)n1)N1CCN(c2ccccc2)CC1. The van der Waals surface area contributed by atoms with Gasteiger partial charge in [0, 0.05) is 50.6 Å². The van der Waals surface area contributed by atoms with Crippen LogP contribution >= 0.6 is 0 Å². The summed E-state index contributed by atoms with van der Waals surface area (Å²) in [6.07, 6.45) is 1.82. The summed E-state index contributed by atoms with van der Waals surface area (Å²) in [6, 6.07) is 22.4. The molecule has 1 aliphatic heterocycles. The lowest BCUT2D eigenvalue weighted by Gasteiger charge is -2.39. The first-order valence-corrected chi connectivity index (χ1v) is 10.1. The van der Waals surface area contributed by atoms with Crippen LogP contribution in [0.4, 0.5) is 5.69 Å². The molecule has 0 aliphatic carbocycles. The summed E-state index contributed by atoms with van der Waals surface area (Å²) in [7, 11) is 0. The van der Waals surface area contributed by atoms with Gasteiger partial charge in [-0.2, -0.15) is 5.10 Å². The Labute approximate surface area is 171 Å². The molecule has 29 heavy (non-hydrogen) atoms. The fraction of sp³-hybridized carbons (Fsp3) is 0.304. The Kier molecular flexibility index (Phi) is 5.91. The number of hydrogen-bond donors (Lipinski definition) is 1. The van der Waals surface area contributed by atoms with Crippen molar-refractivity contribution in [1.29, 1.82) is 0 Å². The Morgan fingerprint density at radius 3 is 2.21 bits per heavy atom. The van der Waals surface area contributed by atoms with Gasteiger partial charge in [-0.05, 0) is 37.3 Å². The lowest BCUT2D eigenvalue weighted by atomic mass is 10.2. The molecule has 1 amide bonds. The number of hydrogen-bond acceptors (Lipinski definition) is 4. The lowest BCUT2D eigenvalue weighted by molar-refractivity contribution is 0.0929. The Balaban J connectivity index is 1.26. The number of amides is 1. The van der Waals surface area contributed by atoms with Crippen molar-refractivity contribution in [2.75, 3.05) is 37.6 Å². The van der Waals surface area contributed by atoms with Gasteiger partial charge in [0.1, 0.15) is 0 Å². The van der Waals surface area contributed by atoms with E-state index in [1.165, 1.54) is 5.69 Å². The van der Waals surface area contributed by atoms with Crippen molar-refractivity contribution in [2.45, 2.75) is 13.0 Å². The summed E-state index contributed by atoms with van der Waals surface area (Å²) >= 11 is 0. The quantitative estimate of drug-likeness (QED) is 0.704. The predicted octanol–water partition coefficient (Wildman–Crippen LogP) is 2.81. The van der Waals surface area contributed by atoms with Crippen LogP contribution in [0.25, 0.3) is 5.69 Å². The molecule has 1 unspecified atom stereocenters. The van der Waals surface area contributed by atoms with Crippen molar-refractivity contribution in [3.63, 3.8) is 0 Å². The molecule has 2 heterocycles. The van der Waals surface area contributed by atoms with Gasteiger partial charge >= 0.3 is 0 Å². The van der Waals surface area contributed by atoms with Crippen LogP contribution in [-0.2, 0) is 0 Å². The molecule has 1 fully saturated rings. The molecule has 6 heteroatoms. The van der Waals surface area contributed by atoms with Gasteiger partial charge in [0.15, 0.2) is 5.69 Å². The Morgan fingerprint density at radius 2 is 1.55 bits per heavy atom. The Hall–Kier alpha value is -3.12. The number of benzene rings is 2. The largest absolute Gasteiger partial charge is 0.369 e. The minimum Gasteiger partial charge on any atom is -0.369 e. The van der Waals surface area contributed by atoms with Crippen LogP contribution in [0.15, 0.2) is 72.9 Å². The second-order valence-corrected chi connectivity index (χ2v) is 7.40. The molecule has 4 rings (SSSR count). The molecule has 2 aromatic carbocycles. The first kappa shape index (κ1) is 19.2. The molecule has 1 atom stereocenters. The van der Waals surface area contributed by atoms with E-state index in [1.54, 1.807) is 10.7 Å². The van der Waals surface area contributed by atoms with E-state index < -0.39 is 0 Å². The van der Waals surface area contributed by atoms with E-state index in [2.05, 4.69) is 51.4 Å². The number of para-hydroxylation sites is 2. The van der Waals surface area contributed by atoms with E-state index >= 15 is 0 Å². The topological polar surface area (TPSA) is 53.4 Å². The van der Waals surface area contributed by atoms with Crippen molar-refractivity contribution in [3.8, 4) is 5.69 Å². The molecule has 6 nitrogen and oxygen atoms in total. The standard InChI is InChI=1S/C23H27N5O/c1-19(26-14-16-27(17-15-26)20-8-4-2-5-9-20)18-24-23(29)22-12-13-28(25-22)21-10-6-3-7-11-21/h2-13,19H,14-18H2,1H3,(H,24,29). The average molecular weight is 390 g/mol. The van der Waals surface area contributed by atoms with E-state index in [-0.39, 0.29) is 11.9 Å². The molecule has 1 saturated heterocycles. The first-order chi connectivity index (χ1) is 14.2. The molecule has 3 aromatic rings. The van der Waals surface area contributed by atoms with Crippen molar-refractivity contribution in [3.05, 3.63) is 78.6 Å². The maximum Gasteiger partial charge on any atom is 0.271 e. The number of carbonyl (C=O) groups is 1. The number of nitrogens with one attached hydrogen (secondary N) is 1. The van der Waals surface area contributed by atoms with E-state index in [4.69, 9.17) is 0 Å². The minimum atomic E-state index is -0.130. The van der Waals surface area contributed by atoms with Gasteiger partial charge in [-0.3, -0.25) is 9.69 Å². The van der Waals surface area contributed by atoms with Gasteiger partial charge in [-0.1, -0.05) is 36.4 Å². The van der Waals surface area contributed by atoms with Crippen LogP contribution in [-0.4, -0.2) is 59.4 Å². The van der Waals surface area contributed by atoms with E-state index in [1.807, 2.05) is 42.6 Å². The second kappa shape index (κ2) is 8.92. The number of piperazine rings is 1. The van der Waals surface area contributed by atoms with Crippen LogP contribution in [0.1, 0.15) is 17.4 Å². The average Bonchev–Trinajstić information content (AvgIpc) is 3.29. The highest BCUT2D eigenvalue weighted by Crippen LogP contribution is 2.16. The monoisotopic (exact) mass is 389 g/mol. The first-order valence-electron chi connectivity index (χ1n) is 10.1. The zero-order chi connectivity index (χ0) is 20.1. The highest BCUT2D eigenvalue weighted by atomic mass is 16.1. The number of rotatable bonds is 6. The molecule has 150 valence electrons. The zero-order valence-electron chi connectivity index (χ0n) is 16.7. The molecule has 1 N–H and O–H groups in total. The summed E-state index contributed by atoms with van der Waals surface area (Å²) in [5, 5.41) is 7.43. The predicted molar refractivity (Wildman–Crippen MR) is 116 cm³/mol. The third kappa shape index (κ3) is 4.66. The van der Waals surface area contributed by atoms with Crippen LogP contribution in [0, 0.1) is 0 Å². The van der Waals surface area contributed by atoms with Gasteiger partial charge in [0.25, 0.3) is 5.91 Å². The van der Waals surface area contributed by atoms with Crippen molar-refractivity contribution < 1.29 is 4.79 Å². The zero-order valence-corrected chi connectivity index (χ0v) is 16.7. The second-order valence-electron chi connectivity index (χ2n) is 7.40. The maximum atomic E-state index is 12.5. The highest BCUT2D eigenvalue weighted by molar-refractivity contribution is 5.92. The summed E-state index contributed by atoms with van der Waals surface area (Å²) < 4.78 is 1.72. The summed E-state index contributed by atoms with van der Waals surface area (Å²) in [4.78, 5) is 17.3. The fourth-order valence-corrected chi connectivity index (χ4v) is 3.69. The van der Waals surface area contributed by atoms with Crippen LogP contribution in [0.5, 0.6) is 0 Å². The molecule has 0 radical (unpaired) electrons. The van der Waals surface area contributed by atoms with E-state index in [0.717, 1.165) is 31.9 Å². The van der Waals surface area contributed by atoms with Crippen molar-refractivity contribution >= 4 is 11.6 Å². The van der Waals surface area contributed by atoms with Crippen LogP contribution in [0.3, 0.4) is 0 Å². The summed E-state index contributed by atoms with van der Waals surface area (Å²) in [6.45, 7) is 6.78. The maximum absolute atomic E-state index is 12.5. The molecule has 0 saturated carbocycles. The highest BCUT2D eigenvalue weighted by Gasteiger charge is 2.22. The van der Waals surface area contributed by atoms with Gasteiger partial charge in [-0.15, -0.1) is 0 Å². The number of anilines is 1. The van der Waals surface area contributed by atoms with Gasteiger partial charge < -0.3 is 10.2 Å². The molecule has 1 aliphatic rings. The smallest absolute Gasteiger partial charge is 0.271 e. The van der Waals surface area contributed by atoms with Crippen molar-refractivity contribution in [1.82, 2.24) is 20.0 Å². The van der Waals surface area contributed by atoms with E-state index in [9.17, 15) is 4.79 Å². The third-order valence-electron chi connectivity index (χ3n) is 5.46. The van der Waals surface area contributed by atoms with E-state index in [0.29, 0.717) is 12.2 Å². The lowest BCUT2D eigenvalue weighted by Crippen LogP contribution is -2.52. The summed E-state index contributed by atoms with van der Waals surface area (Å²) in [5.74, 6) is -0.130. The normalized spacial score (nSPS) is 15.8. The van der Waals surface area contributed by atoms with Crippen LogP contribution in [0.2, 0.25) is 0 Å². The number of nitrogens with zero attached hydrogens (tertiary/aromatic N) is 4. The molecule has 1 aromatic heterocycles. The molecule has 0 bridgehead atoms. The molecule has 0 spiro atoms. The van der Waals surface area contributed by atoms with Crippen LogP contribution < -0.4 is 10.2 Å². The molecular formula is C23H27N5O. The fourth-order valence-electron chi connectivity index (χ4n) is 3.69. The Bertz CT molecular complexity index is 917. The third-order valence-corrected chi connectivity index (χ3v) is 5.46. The molecular weight excluding hydrogens is 362 g/mol. The minimum absolute atomic E-state index is 0.130. The number of aromatic nitrogens is 2. The van der Waals surface area contributed by atoms with Crippen molar-refractivity contribution in [2.24, 2.45) is 0 Å². The van der Waals surface area contributed by atoms with Gasteiger partial charge in [0.05, 0.1) is 5.69 Å². The number of carbonyl (C=O) groups excluding carboxylic acids is 1.